The molecule has 3 atom stereocenters. The minimum absolute atomic E-state index is 0.103. The molecule has 13 heteroatoms. The molecule has 11 nitrogen and oxygen atoms in total. The number of nitriles is 1. The number of aromatic amines is 1. The highest BCUT2D eigenvalue weighted by Crippen LogP contribution is 2.40. The zero-order chi connectivity index (χ0) is 23.4. The van der Waals surface area contributed by atoms with Gasteiger partial charge >= 0.3 is 5.69 Å². The maximum atomic E-state index is 11.5. The molecule has 1 aliphatic heterocycles. The van der Waals surface area contributed by atoms with Crippen LogP contribution >= 0.6 is 31.5 Å². The molecule has 1 aliphatic rings. The lowest BCUT2D eigenvalue weighted by Crippen LogP contribution is -2.32. The molecule has 1 fully saturated rings. The predicted molar refractivity (Wildman–Crippen MR) is 123 cm³/mol. The number of nitrogens with zero attached hydrogens (tertiary/aromatic N) is 3. The number of hydrogen-bond donors (Lipinski definition) is 2. The molecule has 0 radical (unpaired) electrons. The van der Waals surface area contributed by atoms with Crippen molar-refractivity contribution in [3.05, 3.63) is 33.1 Å². The van der Waals surface area contributed by atoms with E-state index < -0.39 is 19.8 Å². The van der Waals surface area contributed by atoms with Gasteiger partial charge in [0.05, 0.1) is 25.2 Å². The van der Waals surface area contributed by atoms with Crippen LogP contribution in [0.2, 0.25) is 0 Å². The molecule has 0 saturated carbocycles. The van der Waals surface area contributed by atoms with E-state index in [4.69, 9.17) is 19.4 Å². The Morgan fingerprint density at radius 2 is 2.06 bits per heavy atom. The van der Waals surface area contributed by atoms with Crippen LogP contribution in [0.15, 0.2) is 21.9 Å². The fraction of sp³-hybridized carbons (Fsp3) is 0.722. The molecule has 2 N–H and O–H groups in total. The van der Waals surface area contributed by atoms with Crippen molar-refractivity contribution in [2.24, 2.45) is 0 Å². The summed E-state index contributed by atoms with van der Waals surface area (Å²) in [5.74, 6) is 0. The lowest BCUT2D eigenvalue weighted by atomic mass is 10.2. The molecular formula is C18H30IN4O7P. The second kappa shape index (κ2) is 15.0. The predicted octanol–water partition coefficient (Wildman–Crippen LogP) is 2.77. The van der Waals surface area contributed by atoms with Gasteiger partial charge in [-0.2, -0.15) is 8.48 Å². The number of nitrogens with one attached hydrogen (secondary N) is 1. The van der Waals surface area contributed by atoms with Gasteiger partial charge in [0, 0.05) is 24.3 Å². The number of hydrogen-bond acceptors (Lipinski definition) is 9. The Morgan fingerprint density at radius 1 is 1.39 bits per heavy atom. The average Bonchev–Trinajstić information content (AvgIpc) is 3.15. The van der Waals surface area contributed by atoms with E-state index in [9.17, 15) is 14.5 Å². The van der Waals surface area contributed by atoms with Crippen molar-refractivity contribution in [2.75, 3.05) is 13.2 Å². The third kappa shape index (κ3) is 10.0. The summed E-state index contributed by atoms with van der Waals surface area (Å²) in [5.41, 5.74) is -0.878. The lowest BCUT2D eigenvalue weighted by molar-refractivity contribution is -0.194. The smallest absolute Gasteiger partial charge is 0.330 e. The minimum Gasteiger partial charge on any atom is -0.352 e. The van der Waals surface area contributed by atoms with Gasteiger partial charge in [-0.3, -0.25) is 14.3 Å². The van der Waals surface area contributed by atoms with Gasteiger partial charge in [0.2, 0.25) is 0 Å². The lowest BCUT2D eigenvalue weighted by Gasteiger charge is -2.32. The molecular weight excluding hydrogens is 542 g/mol. The van der Waals surface area contributed by atoms with Crippen LogP contribution in [0.3, 0.4) is 0 Å². The maximum absolute atomic E-state index is 11.5. The van der Waals surface area contributed by atoms with Gasteiger partial charge in [0.25, 0.3) is 14.1 Å². The van der Waals surface area contributed by atoms with E-state index >= 15 is 0 Å². The van der Waals surface area contributed by atoms with Crippen molar-refractivity contribution in [1.82, 2.24) is 14.2 Å². The Bertz CT molecular complexity index is 790. The van der Waals surface area contributed by atoms with Crippen LogP contribution in [-0.4, -0.2) is 50.5 Å². The van der Waals surface area contributed by atoms with Crippen molar-refractivity contribution >= 4 is 31.5 Å². The molecule has 0 aliphatic carbocycles. The summed E-state index contributed by atoms with van der Waals surface area (Å²) in [6.07, 6.45) is 2.76. The summed E-state index contributed by atoms with van der Waals surface area (Å²) in [5, 5.41) is 8.32. The highest BCUT2D eigenvalue weighted by Gasteiger charge is 2.27. The fourth-order valence-corrected chi connectivity index (χ4v) is 4.33. The molecule has 2 rings (SSSR count). The van der Waals surface area contributed by atoms with Crippen LogP contribution in [0.1, 0.15) is 53.2 Å². The summed E-state index contributed by atoms with van der Waals surface area (Å²) in [4.78, 5) is 39.1. The first-order valence-corrected chi connectivity index (χ1v) is 11.9. The Kier molecular flexibility index (Phi) is 13.6. The Labute approximate surface area is 196 Å². The first-order valence-electron chi connectivity index (χ1n) is 9.85. The molecule has 176 valence electrons. The summed E-state index contributed by atoms with van der Waals surface area (Å²) >= 11 is 1.63. The van der Waals surface area contributed by atoms with E-state index in [2.05, 4.69) is 8.20 Å². The van der Waals surface area contributed by atoms with Crippen molar-refractivity contribution < 1.29 is 22.3 Å². The highest BCUT2D eigenvalue weighted by molar-refractivity contribution is 14.1. The molecule has 0 bridgehead atoms. The van der Waals surface area contributed by atoms with E-state index in [-0.39, 0.29) is 24.4 Å². The van der Waals surface area contributed by atoms with E-state index in [1.807, 2.05) is 38.4 Å². The second-order valence-electron chi connectivity index (χ2n) is 7.22. The topological polar surface area (TPSA) is 139 Å². The van der Waals surface area contributed by atoms with E-state index in [1.54, 1.807) is 23.0 Å². The summed E-state index contributed by atoms with van der Waals surface area (Å²) in [7, 11) is -1.55. The molecule has 1 aromatic heterocycles. The average molecular weight is 572 g/mol. The van der Waals surface area contributed by atoms with Crippen molar-refractivity contribution in [3.63, 3.8) is 0 Å². The molecule has 0 spiro atoms. The Hall–Kier alpha value is -0.910. The van der Waals surface area contributed by atoms with Crippen LogP contribution in [0, 0.1) is 11.3 Å². The molecule has 0 amide bonds. The number of H-pyrrole nitrogens is 1. The zero-order valence-electron chi connectivity index (χ0n) is 18.1. The van der Waals surface area contributed by atoms with E-state index in [0.717, 1.165) is 6.42 Å². The highest BCUT2D eigenvalue weighted by atomic mass is 127. The van der Waals surface area contributed by atoms with Gasteiger partial charge in [-0.15, -0.1) is 0 Å². The van der Waals surface area contributed by atoms with Crippen molar-refractivity contribution in [2.45, 2.75) is 71.4 Å². The van der Waals surface area contributed by atoms with Gasteiger partial charge in [0.15, 0.2) is 23.0 Å². The summed E-state index contributed by atoms with van der Waals surface area (Å²) in [6.45, 7) is 8.67. The molecule has 31 heavy (non-hydrogen) atoms. The van der Waals surface area contributed by atoms with Crippen LogP contribution < -0.4 is 11.2 Å². The number of rotatable bonds is 10. The van der Waals surface area contributed by atoms with Gasteiger partial charge in [0.1, 0.15) is 12.8 Å². The first-order chi connectivity index (χ1) is 14.7. The molecule has 2 heterocycles. The first kappa shape index (κ1) is 28.1. The van der Waals surface area contributed by atoms with Gasteiger partial charge in [-0.05, 0) is 40.5 Å². The van der Waals surface area contributed by atoms with E-state index in [1.165, 1.54) is 16.8 Å². The molecule has 0 aromatic carbocycles. The number of aromatic nitrogens is 2. The minimum atomic E-state index is -1.55. The zero-order valence-corrected chi connectivity index (χ0v) is 21.1. The third-order valence-electron chi connectivity index (χ3n) is 4.22. The number of halogens is 1. The standard InChI is InChI=1S/C9H11IN2O5.C9H19N2O2P/c10-17-15-5-6-1-2-8(16-6)12-4-3-7(13)11-9(12)14;1-8(2)11(9(3)4)14(12)13-7-5-6-10/h3-4,6,8H,1-2,5H2,(H,11,13,14);8-9,12H,5,7H2,1-4H3. The SMILES string of the molecule is CC(C)N(C(C)C)P(O)OCCC#N.O=c1ccn(C2CCC(COOI)O2)c(=O)[nH]1. The fourth-order valence-electron chi connectivity index (χ4n) is 3.00. The monoisotopic (exact) mass is 572 g/mol. The van der Waals surface area contributed by atoms with Crippen LogP contribution in [0.5, 0.6) is 0 Å². The third-order valence-corrected chi connectivity index (χ3v) is 6.21. The quantitative estimate of drug-likeness (QED) is 0.143. The van der Waals surface area contributed by atoms with Crippen molar-refractivity contribution in [1.29, 1.82) is 5.26 Å². The molecule has 1 aromatic rings. The largest absolute Gasteiger partial charge is 0.352 e. The normalized spacial score (nSPS) is 19.4. The van der Waals surface area contributed by atoms with Crippen LogP contribution in [-0.2, 0) is 17.4 Å². The maximum Gasteiger partial charge on any atom is 0.330 e. The Morgan fingerprint density at radius 3 is 2.61 bits per heavy atom. The summed E-state index contributed by atoms with van der Waals surface area (Å²) < 4.78 is 18.5. The van der Waals surface area contributed by atoms with E-state index in [0.29, 0.717) is 26.1 Å². The van der Waals surface area contributed by atoms with Gasteiger partial charge in [-0.1, -0.05) is 0 Å². The molecule has 1 saturated heterocycles. The van der Waals surface area contributed by atoms with Crippen LogP contribution in [0.4, 0.5) is 0 Å². The van der Waals surface area contributed by atoms with Crippen molar-refractivity contribution in [3.8, 4) is 6.07 Å². The summed E-state index contributed by atoms with van der Waals surface area (Å²) in [6, 6.07) is 3.76. The Balaban J connectivity index is 0.000000318. The van der Waals surface area contributed by atoms with Crippen LogP contribution in [0.25, 0.3) is 0 Å². The number of ether oxygens (including phenoxy) is 1. The van der Waals surface area contributed by atoms with Gasteiger partial charge < -0.3 is 14.2 Å². The molecule has 3 unspecified atom stereocenters. The van der Waals surface area contributed by atoms with Gasteiger partial charge in [-0.25, -0.2) is 14.4 Å². The second-order valence-corrected chi connectivity index (χ2v) is 8.80.